The third kappa shape index (κ3) is 4.32. The van der Waals surface area contributed by atoms with E-state index >= 15 is 0 Å². The van der Waals surface area contributed by atoms with Gasteiger partial charge < -0.3 is 19.1 Å². The first-order valence-corrected chi connectivity index (χ1v) is 8.03. The number of hydrogen-bond donors (Lipinski definition) is 0. The summed E-state index contributed by atoms with van der Waals surface area (Å²) in [6.45, 7) is 2.07. The fourth-order valence-corrected chi connectivity index (χ4v) is 2.78. The van der Waals surface area contributed by atoms with Crippen molar-refractivity contribution >= 4 is 5.91 Å². The van der Waals surface area contributed by atoms with Gasteiger partial charge in [-0.2, -0.15) is 0 Å². The van der Waals surface area contributed by atoms with E-state index in [1.807, 2.05) is 31.1 Å². The molecule has 1 unspecified atom stereocenters. The van der Waals surface area contributed by atoms with Gasteiger partial charge in [0, 0.05) is 37.8 Å². The van der Waals surface area contributed by atoms with Crippen LogP contribution < -0.4 is 4.74 Å². The summed E-state index contributed by atoms with van der Waals surface area (Å²) >= 11 is 0. The molecule has 7 heteroatoms. The predicted octanol–water partition coefficient (Wildman–Crippen LogP) is 1.35. The Morgan fingerprint density at radius 3 is 3.04 bits per heavy atom. The highest BCUT2D eigenvalue weighted by molar-refractivity contribution is 5.78. The van der Waals surface area contributed by atoms with E-state index in [1.54, 1.807) is 12.3 Å². The largest absolute Gasteiger partial charge is 0.488 e. The van der Waals surface area contributed by atoms with Crippen LogP contribution in [0.2, 0.25) is 0 Å². The van der Waals surface area contributed by atoms with Crippen LogP contribution in [0.1, 0.15) is 17.8 Å². The Morgan fingerprint density at radius 2 is 2.29 bits per heavy atom. The molecule has 0 aliphatic carbocycles. The molecule has 0 radical (unpaired) electrons. The van der Waals surface area contributed by atoms with Gasteiger partial charge in [0.05, 0.1) is 24.4 Å². The third-order valence-electron chi connectivity index (χ3n) is 3.89. The molecule has 2 aromatic rings. The molecule has 24 heavy (non-hydrogen) atoms. The average molecular weight is 330 g/mol. The lowest BCUT2D eigenvalue weighted by Crippen LogP contribution is -2.32. The minimum absolute atomic E-state index is 0.0147. The summed E-state index contributed by atoms with van der Waals surface area (Å²) in [4.78, 5) is 20.5. The first kappa shape index (κ1) is 16.4. The van der Waals surface area contributed by atoms with E-state index in [-0.39, 0.29) is 18.4 Å². The Morgan fingerprint density at radius 1 is 1.42 bits per heavy atom. The second-order valence-corrected chi connectivity index (χ2v) is 6.26. The smallest absolute Gasteiger partial charge is 0.228 e. The number of nitrogens with zero attached hydrogens (tertiary/aromatic N) is 4. The first-order chi connectivity index (χ1) is 11.6. The van der Waals surface area contributed by atoms with Crippen molar-refractivity contribution in [2.75, 3.05) is 27.2 Å². The second kappa shape index (κ2) is 7.44. The lowest BCUT2D eigenvalue weighted by molar-refractivity contribution is -0.129. The van der Waals surface area contributed by atoms with Crippen LogP contribution in [0, 0.1) is 0 Å². The maximum absolute atomic E-state index is 12.3. The topological polar surface area (TPSA) is 71.7 Å². The lowest BCUT2D eigenvalue weighted by atomic mass is 10.3. The number of hydrogen-bond acceptors (Lipinski definition) is 6. The molecule has 1 aliphatic heterocycles. The zero-order valence-corrected chi connectivity index (χ0v) is 14.0. The Balaban J connectivity index is 1.53. The molecule has 0 bridgehead atoms. The number of carbonyl (C=O) groups is 1. The van der Waals surface area contributed by atoms with Crippen LogP contribution in [0.3, 0.4) is 0 Å². The Bertz CT molecular complexity index is 672. The molecule has 0 aromatic carbocycles. The molecule has 1 aliphatic rings. The van der Waals surface area contributed by atoms with E-state index in [9.17, 15) is 4.79 Å². The molecule has 0 saturated carbocycles. The summed E-state index contributed by atoms with van der Waals surface area (Å²) < 4.78 is 10.8. The van der Waals surface area contributed by atoms with Crippen molar-refractivity contribution in [3.05, 3.63) is 42.0 Å². The zero-order chi connectivity index (χ0) is 16.9. The minimum Gasteiger partial charge on any atom is -0.488 e. The molecule has 0 N–H and O–H groups in total. The van der Waals surface area contributed by atoms with E-state index in [0.29, 0.717) is 18.8 Å². The summed E-state index contributed by atoms with van der Waals surface area (Å²) in [5.41, 5.74) is 1.63. The summed E-state index contributed by atoms with van der Waals surface area (Å²) in [6, 6.07) is 5.53. The van der Waals surface area contributed by atoms with Crippen molar-refractivity contribution in [3.8, 4) is 5.75 Å². The van der Waals surface area contributed by atoms with Crippen LogP contribution in [-0.4, -0.2) is 59.1 Å². The molecular weight excluding hydrogens is 308 g/mol. The second-order valence-electron chi connectivity index (χ2n) is 6.26. The molecule has 1 amide bonds. The van der Waals surface area contributed by atoms with Crippen LogP contribution in [0.4, 0.5) is 0 Å². The number of amides is 1. The standard InChI is InChI=1S/C17H22N4O3/c1-20(2)11-14-9-15(3-6-18-14)24-16-4-7-21(12-16)17(22)10-13-5-8-23-19-13/h3,5-6,8-9,16H,4,7,10-12H2,1-2H3. The van der Waals surface area contributed by atoms with Crippen LogP contribution in [-0.2, 0) is 17.8 Å². The van der Waals surface area contributed by atoms with Crippen molar-refractivity contribution in [1.82, 2.24) is 19.9 Å². The van der Waals surface area contributed by atoms with E-state index in [2.05, 4.69) is 15.0 Å². The Hall–Kier alpha value is -2.41. The van der Waals surface area contributed by atoms with Crippen molar-refractivity contribution in [1.29, 1.82) is 0 Å². The molecular formula is C17H22N4O3. The van der Waals surface area contributed by atoms with Gasteiger partial charge in [0.2, 0.25) is 5.91 Å². The maximum Gasteiger partial charge on any atom is 0.228 e. The molecule has 3 rings (SSSR count). The lowest BCUT2D eigenvalue weighted by Gasteiger charge is -2.17. The number of aromatic nitrogens is 2. The van der Waals surface area contributed by atoms with Crippen molar-refractivity contribution in [2.45, 2.75) is 25.5 Å². The quantitative estimate of drug-likeness (QED) is 0.796. The number of rotatable bonds is 6. The van der Waals surface area contributed by atoms with Gasteiger partial charge in [0.1, 0.15) is 18.1 Å². The van der Waals surface area contributed by atoms with Crippen molar-refractivity contribution < 1.29 is 14.1 Å². The van der Waals surface area contributed by atoms with E-state index in [4.69, 9.17) is 9.26 Å². The van der Waals surface area contributed by atoms with Gasteiger partial charge in [-0.3, -0.25) is 9.78 Å². The van der Waals surface area contributed by atoms with Gasteiger partial charge in [-0.1, -0.05) is 5.16 Å². The minimum atomic E-state index is 0.0147. The number of pyridine rings is 1. The monoisotopic (exact) mass is 330 g/mol. The first-order valence-electron chi connectivity index (χ1n) is 8.03. The van der Waals surface area contributed by atoms with Gasteiger partial charge in [0.15, 0.2) is 0 Å². The van der Waals surface area contributed by atoms with E-state index in [0.717, 1.165) is 24.4 Å². The van der Waals surface area contributed by atoms with Gasteiger partial charge in [-0.05, 0) is 20.2 Å². The Labute approximate surface area is 141 Å². The van der Waals surface area contributed by atoms with Crippen LogP contribution in [0.25, 0.3) is 0 Å². The summed E-state index contributed by atoms with van der Waals surface area (Å²) in [5.74, 6) is 0.857. The van der Waals surface area contributed by atoms with E-state index < -0.39 is 0 Å². The maximum atomic E-state index is 12.3. The molecule has 128 valence electrons. The molecule has 7 nitrogen and oxygen atoms in total. The number of likely N-dealkylation sites (tertiary alicyclic amines) is 1. The number of carbonyl (C=O) groups excluding carboxylic acids is 1. The summed E-state index contributed by atoms with van der Waals surface area (Å²) in [7, 11) is 4.01. The van der Waals surface area contributed by atoms with E-state index in [1.165, 1.54) is 6.26 Å². The number of ether oxygens (including phenoxy) is 1. The van der Waals surface area contributed by atoms with Crippen LogP contribution >= 0.6 is 0 Å². The average Bonchev–Trinajstić information content (AvgIpc) is 3.18. The SMILES string of the molecule is CN(C)Cc1cc(OC2CCN(C(=O)Cc3ccon3)C2)ccn1. The third-order valence-corrected chi connectivity index (χ3v) is 3.89. The summed E-state index contributed by atoms with van der Waals surface area (Å²) in [6.07, 6.45) is 4.35. The predicted molar refractivity (Wildman–Crippen MR) is 87.4 cm³/mol. The highest BCUT2D eigenvalue weighted by atomic mass is 16.5. The van der Waals surface area contributed by atoms with Crippen LogP contribution in [0.5, 0.6) is 5.75 Å². The molecule has 3 heterocycles. The highest BCUT2D eigenvalue weighted by Gasteiger charge is 2.28. The van der Waals surface area contributed by atoms with Gasteiger partial charge in [0.25, 0.3) is 0 Å². The fourth-order valence-electron chi connectivity index (χ4n) is 2.78. The molecule has 0 spiro atoms. The molecule has 1 atom stereocenters. The molecule has 2 aromatic heterocycles. The molecule has 1 saturated heterocycles. The normalized spacial score (nSPS) is 17.5. The Kier molecular flexibility index (Phi) is 5.10. The fraction of sp³-hybridized carbons (Fsp3) is 0.471. The van der Waals surface area contributed by atoms with Gasteiger partial charge in [-0.25, -0.2) is 0 Å². The molecule has 1 fully saturated rings. The van der Waals surface area contributed by atoms with Crippen molar-refractivity contribution in [2.24, 2.45) is 0 Å². The highest BCUT2D eigenvalue weighted by Crippen LogP contribution is 2.19. The summed E-state index contributed by atoms with van der Waals surface area (Å²) in [5, 5.41) is 3.78. The van der Waals surface area contributed by atoms with Crippen molar-refractivity contribution in [3.63, 3.8) is 0 Å². The van der Waals surface area contributed by atoms with Crippen LogP contribution in [0.15, 0.2) is 35.2 Å². The van der Waals surface area contributed by atoms with Gasteiger partial charge >= 0.3 is 0 Å². The zero-order valence-electron chi connectivity index (χ0n) is 14.0. The van der Waals surface area contributed by atoms with Gasteiger partial charge in [-0.15, -0.1) is 0 Å².